The number of likely N-dealkylation sites (N-methyl/N-ethyl adjacent to an activating group) is 1. The summed E-state index contributed by atoms with van der Waals surface area (Å²) in [4.78, 5) is 12.0. The van der Waals surface area contributed by atoms with E-state index in [2.05, 4.69) is 11.4 Å². The van der Waals surface area contributed by atoms with Gasteiger partial charge in [-0.1, -0.05) is 84.9 Å². The molecule has 0 spiro atoms. The van der Waals surface area contributed by atoms with Gasteiger partial charge in [-0.2, -0.15) is 5.26 Å². The molecule has 3 aromatic carbocycles. The summed E-state index contributed by atoms with van der Waals surface area (Å²) in [5.74, 6) is -0.0620. The van der Waals surface area contributed by atoms with Crippen molar-refractivity contribution < 1.29 is 4.79 Å². The summed E-state index contributed by atoms with van der Waals surface area (Å²) >= 11 is 0. The maximum absolute atomic E-state index is 12.0. The lowest BCUT2D eigenvalue weighted by atomic mass is 9.87. The number of hydrogen-bond acceptors (Lipinski definition) is 2. The lowest BCUT2D eigenvalue weighted by Gasteiger charge is -2.16. The quantitative estimate of drug-likeness (QED) is 0.544. The van der Waals surface area contributed by atoms with Gasteiger partial charge in [0.1, 0.15) is 6.07 Å². The molecule has 27 heavy (non-hydrogen) atoms. The number of carbonyl (C=O) groups is 1. The van der Waals surface area contributed by atoms with E-state index in [0.29, 0.717) is 5.57 Å². The van der Waals surface area contributed by atoms with Gasteiger partial charge in [-0.25, -0.2) is 0 Å². The first-order valence-electron chi connectivity index (χ1n) is 8.78. The SMILES string of the molecule is CNC(=O)Cc1ccccc1/C(=C(\C#N)c1ccccc1)c1ccccc1. The van der Waals surface area contributed by atoms with E-state index in [1.54, 1.807) is 7.05 Å². The molecule has 0 bridgehead atoms. The number of rotatable bonds is 5. The fourth-order valence-corrected chi connectivity index (χ4v) is 3.09. The van der Waals surface area contributed by atoms with E-state index in [4.69, 9.17) is 0 Å². The zero-order valence-electron chi connectivity index (χ0n) is 15.1. The highest BCUT2D eigenvalue weighted by atomic mass is 16.1. The minimum Gasteiger partial charge on any atom is -0.359 e. The third kappa shape index (κ3) is 4.13. The van der Waals surface area contributed by atoms with Crippen molar-refractivity contribution in [2.45, 2.75) is 6.42 Å². The van der Waals surface area contributed by atoms with Gasteiger partial charge in [0.2, 0.25) is 5.91 Å². The summed E-state index contributed by atoms with van der Waals surface area (Å²) < 4.78 is 0. The van der Waals surface area contributed by atoms with Gasteiger partial charge in [-0.05, 0) is 22.3 Å². The molecule has 0 aliphatic heterocycles. The van der Waals surface area contributed by atoms with Gasteiger partial charge >= 0.3 is 0 Å². The summed E-state index contributed by atoms with van der Waals surface area (Å²) in [5.41, 5.74) is 5.01. The van der Waals surface area contributed by atoms with Gasteiger partial charge in [0.05, 0.1) is 12.0 Å². The summed E-state index contributed by atoms with van der Waals surface area (Å²) in [6.45, 7) is 0. The molecule has 3 nitrogen and oxygen atoms in total. The fraction of sp³-hybridized carbons (Fsp3) is 0.0833. The maximum atomic E-state index is 12.0. The maximum Gasteiger partial charge on any atom is 0.224 e. The Labute approximate surface area is 159 Å². The molecular formula is C24H20N2O. The van der Waals surface area contributed by atoms with Crippen LogP contribution in [0.4, 0.5) is 0 Å². The summed E-state index contributed by atoms with van der Waals surface area (Å²) in [6, 6.07) is 29.6. The highest BCUT2D eigenvalue weighted by Gasteiger charge is 2.17. The Morgan fingerprint density at radius 3 is 2.00 bits per heavy atom. The molecule has 3 aromatic rings. The number of nitrogens with one attached hydrogen (secondary N) is 1. The van der Waals surface area contributed by atoms with Crippen LogP contribution < -0.4 is 5.32 Å². The molecule has 1 amide bonds. The molecule has 0 aliphatic rings. The molecule has 0 unspecified atom stereocenters. The highest BCUT2D eigenvalue weighted by molar-refractivity contribution is 6.04. The third-order valence-corrected chi connectivity index (χ3v) is 4.40. The third-order valence-electron chi connectivity index (χ3n) is 4.40. The molecule has 0 heterocycles. The van der Waals surface area contributed by atoms with Crippen LogP contribution in [0.15, 0.2) is 84.9 Å². The minimum atomic E-state index is -0.0620. The minimum absolute atomic E-state index is 0.0620. The largest absolute Gasteiger partial charge is 0.359 e. The number of allylic oxidation sites excluding steroid dienone is 1. The van der Waals surface area contributed by atoms with E-state index in [0.717, 1.165) is 27.8 Å². The second kappa shape index (κ2) is 8.64. The number of carbonyl (C=O) groups excluding carboxylic acids is 1. The Hall–Kier alpha value is -3.64. The molecule has 0 saturated carbocycles. The van der Waals surface area contributed by atoms with Crippen molar-refractivity contribution in [3.05, 3.63) is 107 Å². The van der Waals surface area contributed by atoms with Crippen LogP contribution in [0.1, 0.15) is 22.3 Å². The Kier molecular flexibility index (Phi) is 5.81. The Morgan fingerprint density at radius 2 is 1.41 bits per heavy atom. The number of nitrogens with zero attached hydrogens (tertiary/aromatic N) is 1. The van der Waals surface area contributed by atoms with Gasteiger partial charge in [0.25, 0.3) is 0 Å². The molecule has 3 heteroatoms. The molecule has 0 aliphatic carbocycles. The van der Waals surface area contributed by atoms with Crippen molar-refractivity contribution in [1.82, 2.24) is 5.32 Å². The predicted molar refractivity (Wildman–Crippen MR) is 109 cm³/mol. The zero-order chi connectivity index (χ0) is 19.1. The van der Waals surface area contributed by atoms with Gasteiger partial charge in [-0.15, -0.1) is 0 Å². The van der Waals surface area contributed by atoms with Gasteiger partial charge < -0.3 is 5.32 Å². The Bertz CT molecular complexity index is 999. The average molecular weight is 352 g/mol. The van der Waals surface area contributed by atoms with Crippen molar-refractivity contribution in [3.63, 3.8) is 0 Å². The van der Waals surface area contributed by atoms with Crippen LogP contribution in [-0.4, -0.2) is 13.0 Å². The monoisotopic (exact) mass is 352 g/mol. The Balaban J connectivity index is 2.29. The summed E-state index contributed by atoms with van der Waals surface area (Å²) in [5, 5.41) is 12.7. The lowest BCUT2D eigenvalue weighted by molar-refractivity contribution is -0.119. The van der Waals surface area contributed by atoms with Crippen LogP contribution in [-0.2, 0) is 11.2 Å². The lowest BCUT2D eigenvalue weighted by Crippen LogP contribution is -2.20. The molecule has 0 atom stereocenters. The van der Waals surface area contributed by atoms with Crippen molar-refractivity contribution >= 4 is 17.1 Å². The Morgan fingerprint density at radius 1 is 0.852 bits per heavy atom. The van der Waals surface area contributed by atoms with Crippen LogP contribution in [0.2, 0.25) is 0 Å². The van der Waals surface area contributed by atoms with Gasteiger partial charge in [-0.3, -0.25) is 4.79 Å². The van der Waals surface area contributed by atoms with E-state index in [-0.39, 0.29) is 12.3 Å². The van der Waals surface area contributed by atoms with Crippen molar-refractivity contribution in [3.8, 4) is 6.07 Å². The van der Waals surface area contributed by atoms with Crippen LogP contribution in [0.25, 0.3) is 11.1 Å². The van der Waals surface area contributed by atoms with E-state index in [1.165, 1.54) is 0 Å². The standard InChI is InChI=1S/C24H20N2O/c1-26-23(27)16-20-14-8-9-15-21(20)24(19-12-6-3-7-13-19)22(17-25)18-10-4-2-5-11-18/h2-15H,16H2,1H3,(H,26,27)/b24-22+. The van der Waals surface area contributed by atoms with Crippen LogP contribution in [0.5, 0.6) is 0 Å². The molecule has 0 saturated heterocycles. The fourth-order valence-electron chi connectivity index (χ4n) is 3.09. The van der Waals surface area contributed by atoms with Gasteiger partial charge in [0, 0.05) is 12.6 Å². The number of benzene rings is 3. The van der Waals surface area contributed by atoms with Crippen molar-refractivity contribution in [2.24, 2.45) is 0 Å². The van der Waals surface area contributed by atoms with Crippen LogP contribution in [0, 0.1) is 11.3 Å². The molecule has 0 aromatic heterocycles. The van der Waals surface area contributed by atoms with E-state index >= 15 is 0 Å². The average Bonchev–Trinajstić information content (AvgIpc) is 2.73. The van der Waals surface area contributed by atoms with Crippen LogP contribution in [0.3, 0.4) is 0 Å². The molecule has 0 fully saturated rings. The van der Waals surface area contributed by atoms with E-state index in [9.17, 15) is 10.1 Å². The summed E-state index contributed by atoms with van der Waals surface area (Å²) in [6.07, 6.45) is 0.260. The predicted octanol–water partition coefficient (Wildman–Crippen LogP) is 4.46. The van der Waals surface area contributed by atoms with Gasteiger partial charge in [0.15, 0.2) is 0 Å². The number of amides is 1. The topological polar surface area (TPSA) is 52.9 Å². The van der Waals surface area contributed by atoms with E-state index in [1.807, 2.05) is 84.9 Å². The molecule has 132 valence electrons. The highest BCUT2D eigenvalue weighted by Crippen LogP contribution is 2.34. The van der Waals surface area contributed by atoms with E-state index < -0.39 is 0 Å². The number of nitriles is 1. The normalized spacial score (nSPS) is 11.3. The molecule has 1 N–H and O–H groups in total. The molecular weight excluding hydrogens is 332 g/mol. The zero-order valence-corrected chi connectivity index (χ0v) is 15.1. The molecule has 0 radical (unpaired) electrons. The second-order valence-electron chi connectivity index (χ2n) is 6.10. The summed E-state index contributed by atoms with van der Waals surface area (Å²) in [7, 11) is 1.63. The molecule has 3 rings (SSSR count). The first-order valence-corrected chi connectivity index (χ1v) is 8.78. The van der Waals surface area contributed by atoms with Crippen LogP contribution >= 0.6 is 0 Å². The first-order chi connectivity index (χ1) is 13.2. The van der Waals surface area contributed by atoms with Crippen molar-refractivity contribution in [1.29, 1.82) is 5.26 Å². The number of hydrogen-bond donors (Lipinski definition) is 1. The first kappa shape index (κ1) is 18.2. The second-order valence-corrected chi connectivity index (χ2v) is 6.10. The smallest absolute Gasteiger partial charge is 0.224 e. The van der Waals surface area contributed by atoms with Crippen molar-refractivity contribution in [2.75, 3.05) is 7.05 Å².